The van der Waals surface area contributed by atoms with Gasteiger partial charge in [-0.25, -0.2) is 4.98 Å². The maximum Gasteiger partial charge on any atom is 0.131 e. The topological polar surface area (TPSA) is 45.4 Å². The van der Waals surface area contributed by atoms with Crippen molar-refractivity contribution in [3.05, 3.63) is 22.3 Å². The molecule has 1 aromatic rings. The summed E-state index contributed by atoms with van der Waals surface area (Å²) in [6.07, 6.45) is 1.85. The second-order valence-corrected chi connectivity index (χ2v) is 6.28. The number of nitrogens with two attached hydrogens (primary N) is 1. The predicted molar refractivity (Wildman–Crippen MR) is 86.7 cm³/mol. The van der Waals surface area contributed by atoms with E-state index in [-0.39, 0.29) is 6.04 Å². The van der Waals surface area contributed by atoms with Crippen LogP contribution in [-0.2, 0) is 0 Å². The van der Waals surface area contributed by atoms with E-state index in [1.807, 2.05) is 6.20 Å². The van der Waals surface area contributed by atoms with Crippen molar-refractivity contribution in [3.8, 4) is 0 Å². The van der Waals surface area contributed by atoms with Gasteiger partial charge < -0.3 is 10.6 Å². The molecule has 2 heterocycles. The molecule has 1 fully saturated rings. The van der Waals surface area contributed by atoms with Gasteiger partial charge in [0.25, 0.3) is 0 Å². The largest absolute Gasteiger partial charge is 0.392 e. The number of hydrogen-bond donors (Lipinski definition) is 1. The molecule has 19 heavy (non-hydrogen) atoms. The Kier molecular flexibility index (Phi) is 4.76. The number of piperazine rings is 1. The average molecular weight is 343 g/mol. The molecule has 0 aliphatic carbocycles. The quantitative estimate of drug-likeness (QED) is 0.850. The standard InChI is InChI=1S/C13H19BrN4S/c1-9-7-11(14)8-16-13(9)18-5-3-17(4-6-18)10(2)12(15)19/h7-8,10H,3-6H2,1-2H3,(H2,15,19). The van der Waals surface area contributed by atoms with E-state index in [4.69, 9.17) is 18.0 Å². The Bertz CT molecular complexity index is 472. The lowest BCUT2D eigenvalue weighted by atomic mass is 10.2. The number of rotatable bonds is 3. The highest BCUT2D eigenvalue weighted by atomic mass is 79.9. The molecule has 0 saturated carbocycles. The first-order chi connectivity index (χ1) is 8.99. The monoisotopic (exact) mass is 342 g/mol. The minimum absolute atomic E-state index is 0.177. The summed E-state index contributed by atoms with van der Waals surface area (Å²) in [6, 6.07) is 2.28. The number of aromatic nitrogens is 1. The summed E-state index contributed by atoms with van der Waals surface area (Å²) in [4.78, 5) is 9.74. The van der Waals surface area contributed by atoms with Crippen LogP contribution in [0, 0.1) is 6.92 Å². The summed E-state index contributed by atoms with van der Waals surface area (Å²) < 4.78 is 1.02. The van der Waals surface area contributed by atoms with Gasteiger partial charge in [0.15, 0.2) is 0 Å². The van der Waals surface area contributed by atoms with Crippen molar-refractivity contribution in [2.24, 2.45) is 5.73 Å². The molecule has 2 rings (SSSR count). The Labute approximate surface area is 128 Å². The second-order valence-electron chi connectivity index (χ2n) is 4.90. The highest BCUT2D eigenvalue weighted by Crippen LogP contribution is 2.22. The molecule has 0 aromatic carbocycles. The van der Waals surface area contributed by atoms with E-state index >= 15 is 0 Å². The summed E-state index contributed by atoms with van der Waals surface area (Å²) in [6.45, 7) is 8.02. The van der Waals surface area contributed by atoms with E-state index in [0.29, 0.717) is 4.99 Å². The normalized spacial score (nSPS) is 18.4. The van der Waals surface area contributed by atoms with E-state index in [2.05, 4.69) is 50.6 Å². The number of thiocarbonyl (C=S) groups is 1. The zero-order valence-corrected chi connectivity index (χ0v) is 13.7. The molecule has 1 aliphatic rings. The van der Waals surface area contributed by atoms with E-state index in [9.17, 15) is 0 Å². The van der Waals surface area contributed by atoms with E-state index in [1.54, 1.807) is 0 Å². The van der Waals surface area contributed by atoms with Crippen molar-refractivity contribution in [1.29, 1.82) is 0 Å². The fourth-order valence-corrected chi connectivity index (χ4v) is 2.96. The summed E-state index contributed by atoms with van der Waals surface area (Å²) in [5.41, 5.74) is 6.91. The average Bonchev–Trinajstić information content (AvgIpc) is 2.38. The van der Waals surface area contributed by atoms with Gasteiger partial charge >= 0.3 is 0 Å². The van der Waals surface area contributed by atoms with Crippen LogP contribution in [0.1, 0.15) is 12.5 Å². The third-order valence-corrected chi connectivity index (χ3v) is 4.37. The molecule has 1 aromatic heterocycles. The number of anilines is 1. The van der Waals surface area contributed by atoms with Crippen molar-refractivity contribution in [3.63, 3.8) is 0 Å². The van der Waals surface area contributed by atoms with Gasteiger partial charge in [-0.2, -0.15) is 0 Å². The van der Waals surface area contributed by atoms with Gasteiger partial charge in [-0.3, -0.25) is 4.90 Å². The number of aryl methyl sites for hydroxylation is 1. The SMILES string of the molecule is Cc1cc(Br)cnc1N1CCN(C(C)C(N)=S)CC1. The summed E-state index contributed by atoms with van der Waals surface area (Å²) in [5, 5.41) is 0. The number of hydrogen-bond acceptors (Lipinski definition) is 4. The molecule has 4 nitrogen and oxygen atoms in total. The zero-order chi connectivity index (χ0) is 14.0. The molecule has 2 N–H and O–H groups in total. The predicted octanol–water partition coefficient (Wildman–Crippen LogP) is 1.95. The lowest BCUT2D eigenvalue weighted by molar-refractivity contribution is 0.238. The molecule has 1 aliphatic heterocycles. The van der Waals surface area contributed by atoms with Gasteiger partial charge in [-0.15, -0.1) is 0 Å². The van der Waals surface area contributed by atoms with E-state index < -0.39 is 0 Å². The van der Waals surface area contributed by atoms with Gasteiger partial charge in [0.05, 0.1) is 11.0 Å². The van der Waals surface area contributed by atoms with Crippen molar-refractivity contribution in [2.45, 2.75) is 19.9 Å². The van der Waals surface area contributed by atoms with E-state index in [0.717, 1.165) is 36.5 Å². The van der Waals surface area contributed by atoms with Crippen molar-refractivity contribution in [1.82, 2.24) is 9.88 Å². The molecule has 1 unspecified atom stereocenters. The summed E-state index contributed by atoms with van der Waals surface area (Å²) >= 11 is 8.51. The first-order valence-electron chi connectivity index (χ1n) is 6.39. The van der Waals surface area contributed by atoms with Crippen LogP contribution < -0.4 is 10.6 Å². The third kappa shape index (κ3) is 3.43. The number of nitrogens with zero attached hydrogens (tertiary/aromatic N) is 3. The zero-order valence-electron chi connectivity index (χ0n) is 11.3. The third-order valence-electron chi connectivity index (χ3n) is 3.59. The highest BCUT2D eigenvalue weighted by Gasteiger charge is 2.23. The van der Waals surface area contributed by atoms with Crippen LogP contribution in [0.25, 0.3) is 0 Å². The lowest BCUT2D eigenvalue weighted by Crippen LogP contribution is -2.53. The molecular formula is C13H19BrN4S. The van der Waals surface area contributed by atoms with E-state index in [1.165, 1.54) is 5.56 Å². The Morgan fingerprint density at radius 3 is 2.58 bits per heavy atom. The van der Waals surface area contributed by atoms with Gasteiger partial charge in [-0.05, 0) is 41.4 Å². The second kappa shape index (κ2) is 6.15. The van der Waals surface area contributed by atoms with Crippen LogP contribution in [-0.4, -0.2) is 47.1 Å². The molecule has 6 heteroatoms. The van der Waals surface area contributed by atoms with Crippen LogP contribution in [0.15, 0.2) is 16.7 Å². The summed E-state index contributed by atoms with van der Waals surface area (Å²) in [5.74, 6) is 1.07. The van der Waals surface area contributed by atoms with Crippen molar-refractivity contribution < 1.29 is 0 Å². The molecule has 1 saturated heterocycles. The van der Waals surface area contributed by atoms with Gasteiger partial charge in [-0.1, -0.05) is 12.2 Å². The minimum atomic E-state index is 0.177. The van der Waals surface area contributed by atoms with Crippen LogP contribution in [0.5, 0.6) is 0 Å². The Balaban J connectivity index is 2.02. The Morgan fingerprint density at radius 1 is 1.42 bits per heavy atom. The number of pyridine rings is 1. The maximum absolute atomic E-state index is 5.71. The summed E-state index contributed by atoms with van der Waals surface area (Å²) in [7, 11) is 0. The Hall–Kier alpha value is -0.720. The van der Waals surface area contributed by atoms with Crippen molar-refractivity contribution >= 4 is 39.0 Å². The lowest BCUT2D eigenvalue weighted by Gasteiger charge is -2.38. The molecule has 104 valence electrons. The smallest absolute Gasteiger partial charge is 0.131 e. The molecule has 0 spiro atoms. The minimum Gasteiger partial charge on any atom is -0.392 e. The maximum atomic E-state index is 5.71. The first kappa shape index (κ1) is 14.7. The Morgan fingerprint density at radius 2 is 2.05 bits per heavy atom. The molecule has 0 amide bonds. The van der Waals surface area contributed by atoms with Gasteiger partial charge in [0.1, 0.15) is 5.82 Å². The molecule has 1 atom stereocenters. The fourth-order valence-electron chi connectivity index (χ4n) is 2.37. The first-order valence-corrected chi connectivity index (χ1v) is 7.59. The molecule has 0 bridgehead atoms. The number of halogens is 1. The highest BCUT2D eigenvalue weighted by molar-refractivity contribution is 9.10. The van der Waals surface area contributed by atoms with Gasteiger partial charge in [0.2, 0.25) is 0 Å². The molecular weight excluding hydrogens is 324 g/mol. The van der Waals surface area contributed by atoms with Crippen LogP contribution in [0.4, 0.5) is 5.82 Å². The van der Waals surface area contributed by atoms with Crippen LogP contribution in [0.2, 0.25) is 0 Å². The van der Waals surface area contributed by atoms with Gasteiger partial charge in [0, 0.05) is 36.8 Å². The van der Waals surface area contributed by atoms with Crippen LogP contribution in [0.3, 0.4) is 0 Å². The molecule has 0 radical (unpaired) electrons. The van der Waals surface area contributed by atoms with Crippen molar-refractivity contribution in [2.75, 3.05) is 31.1 Å². The fraction of sp³-hybridized carbons (Fsp3) is 0.538. The van der Waals surface area contributed by atoms with Crippen LogP contribution >= 0.6 is 28.1 Å².